The molecule has 0 spiro atoms. The summed E-state index contributed by atoms with van der Waals surface area (Å²) in [7, 11) is 0. The maximum atomic E-state index is 11.0. The van der Waals surface area contributed by atoms with Crippen LogP contribution in [-0.2, 0) is 9.53 Å². The van der Waals surface area contributed by atoms with Crippen molar-refractivity contribution in [1.29, 1.82) is 0 Å². The number of hydrogen-bond acceptors (Lipinski definition) is 4. The highest BCUT2D eigenvalue weighted by Gasteiger charge is 2.06. The van der Waals surface area contributed by atoms with Crippen LogP contribution in [0.4, 0.5) is 5.69 Å². The van der Waals surface area contributed by atoms with E-state index >= 15 is 0 Å². The van der Waals surface area contributed by atoms with Crippen molar-refractivity contribution in [1.82, 2.24) is 0 Å². The monoisotopic (exact) mass is 237 g/mol. The second-order valence-corrected chi connectivity index (χ2v) is 2.70. The van der Waals surface area contributed by atoms with E-state index in [2.05, 4.69) is 15.3 Å². The average molecular weight is 237 g/mol. The van der Waals surface area contributed by atoms with Crippen LogP contribution in [0.25, 0.3) is 0 Å². The quantitative estimate of drug-likeness (QED) is 0.364. The van der Waals surface area contributed by atoms with E-state index in [4.69, 9.17) is 5.73 Å². The number of hydrogen-bond donors (Lipinski definition) is 2. The summed E-state index contributed by atoms with van der Waals surface area (Å²) >= 11 is 0. The van der Waals surface area contributed by atoms with E-state index in [0.717, 1.165) is 5.69 Å². The summed E-state index contributed by atoms with van der Waals surface area (Å²) in [6.45, 7) is 5.98. The van der Waals surface area contributed by atoms with Crippen molar-refractivity contribution in [2.75, 3.05) is 12.0 Å². The number of ether oxygens (including phenoxy) is 1. The van der Waals surface area contributed by atoms with Crippen molar-refractivity contribution in [3.05, 3.63) is 30.3 Å². The molecule has 1 aromatic carbocycles. The van der Waals surface area contributed by atoms with Gasteiger partial charge in [0.05, 0.1) is 12.3 Å². The van der Waals surface area contributed by atoms with E-state index in [0.29, 0.717) is 0 Å². The van der Waals surface area contributed by atoms with Gasteiger partial charge in [0.15, 0.2) is 0 Å². The molecule has 0 saturated heterocycles. The van der Waals surface area contributed by atoms with Crippen LogP contribution in [0.15, 0.2) is 35.4 Å². The average Bonchev–Trinajstić information content (AvgIpc) is 2.40. The van der Waals surface area contributed by atoms with Crippen molar-refractivity contribution in [3.63, 3.8) is 0 Å². The standard InChI is InChI=1S/C10H13N3O2.C2H6/c1-2-15-10(14)9(11)13-12-8-6-4-3-5-7-8;1-2/h3-7,12H,2H2,1H3,(H2,11,13);1-2H3. The molecular weight excluding hydrogens is 218 g/mol. The first-order valence-corrected chi connectivity index (χ1v) is 5.55. The molecule has 0 heterocycles. The van der Waals surface area contributed by atoms with Crippen LogP contribution >= 0.6 is 0 Å². The van der Waals surface area contributed by atoms with Crippen molar-refractivity contribution in [2.24, 2.45) is 10.8 Å². The summed E-state index contributed by atoms with van der Waals surface area (Å²) in [4.78, 5) is 11.0. The van der Waals surface area contributed by atoms with E-state index in [9.17, 15) is 4.79 Å². The number of rotatable bonds is 3. The first kappa shape index (κ1) is 15.0. The molecule has 0 fully saturated rings. The van der Waals surface area contributed by atoms with E-state index in [-0.39, 0.29) is 12.4 Å². The summed E-state index contributed by atoms with van der Waals surface area (Å²) in [5, 5.41) is 3.68. The molecule has 94 valence electrons. The van der Waals surface area contributed by atoms with Gasteiger partial charge in [-0.1, -0.05) is 32.0 Å². The highest BCUT2D eigenvalue weighted by molar-refractivity contribution is 6.34. The molecule has 0 atom stereocenters. The molecule has 1 aromatic rings. The molecule has 17 heavy (non-hydrogen) atoms. The molecule has 3 N–H and O–H groups in total. The van der Waals surface area contributed by atoms with Crippen LogP contribution in [-0.4, -0.2) is 18.4 Å². The van der Waals surface area contributed by atoms with Gasteiger partial charge in [-0.2, -0.15) is 0 Å². The Kier molecular flexibility index (Phi) is 8.10. The molecule has 0 unspecified atom stereocenters. The zero-order valence-electron chi connectivity index (χ0n) is 10.4. The topological polar surface area (TPSA) is 76.7 Å². The van der Waals surface area contributed by atoms with Gasteiger partial charge < -0.3 is 10.5 Å². The fourth-order valence-electron chi connectivity index (χ4n) is 0.888. The van der Waals surface area contributed by atoms with Gasteiger partial charge in [0.1, 0.15) is 0 Å². The number of hydrazone groups is 1. The molecule has 0 radical (unpaired) electrons. The lowest BCUT2D eigenvalue weighted by molar-refractivity contribution is -0.135. The van der Waals surface area contributed by atoms with Crippen LogP contribution in [0.1, 0.15) is 20.8 Å². The summed E-state index contributed by atoms with van der Waals surface area (Å²) in [5.74, 6) is -0.818. The third-order valence-electron chi connectivity index (χ3n) is 1.56. The van der Waals surface area contributed by atoms with Gasteiger partial charge in [0.2, 0.25) is 5.84 Å². The highest BCUT2D eigenvalue weighted by Crippen LogP contribution is 2.04. The summed E-state index contributed by atoms with van der Waals surface area (Å²) in [6, 6.07) is 9.18. The molecule has 5 heteroatoms. The van der Waals surface area contributed by atoms with Gasteiger partial charge >= 0.3 is 5.97 Å². The fourth-order valence-corrected chi connectivity index (χ4v) is 0.888. The number of nitrogens with two attached hydrogens (primary N) is 1. The molecule has 0 aliphatic heterocycles. The minimum absolute atomic E-state index is 0.194. The van der Waals surface area contributed by atoms with Gasteiger partial charge in [-0.05, 0) is 19.1 Å². The molecule has 0 aliphatic carbocycles. The van der Waals surface area contributed by atoms with E-state index in [1.54, 1.807) is 6.92 Å². The number of carbonyl (C=O) groups is 1. The van der Waals surface area contributed by atoms with E-state index in [1.165, 1.54) is 0 Å². The Morgan fingerprint density at radius 3 is 2.47 bits per heavy atom. The Bertz CT molecular complexity index is 350. The van der Waals surface area contributed by atoms with Crippen LogP contribution in [0, 0.1) is 0 Å². The van der Waals surface area contributed by atoms with Gasteiger partial charge in [-0.15, -0.1) is 5.10 Å². The lowest BCUT2D eigenvalue weighted by Gasteiger charge is -2.02. The minimum atomic E-state index is -0.624. The van der Waals surface area contributed by atoms with E-state index < -0.39 is 5.97 Å². The lowest BCUT2D eigenvalue weighted by Crippen LogP contribution is -2.27. The SMILES string of the molecule is CC.CCOC(=O)C(N)=NNc1ccccc1. The molecule has 0 aromatic heterocycles. The predicted molar refractivity (Wildman–Crippen MR) is 69.7 cm³/mol. The maximum absolute atomic E-state index is 11.0. The molecule has 1 rings (SSSR count). The lowest BCUT2D eigenvalue weighted by atomic mass is 10.3. The first-order valence-electron chi connectivity index (χ1n) is 5.55. The number of para-hydroxylation sites is 1. The van der Waals surface area contributed by atoms with Gasteiger partial charge in [0, 0.05) is 0 Å². The van der Waals surface area contributed by atoms with Gasteiger partial charge in [0.25, 0.3) is 0 Å². The third-order valence-corrected chi connectivity index (χ3v) is 1.56. The van der Waals surface area contributed by atoms with Gasteiger partial charge in [-0.3, -0.25) is 5.43 Å². The highest BCUT2D eigenvalue weighted by atomic mass is 16.5. The number of nitrogens with one attached hydrogen (secondary N) is 1. The zero-order valence-corrected chi connectivity index (χ0v) is 10.4. The normalized spacial score (nSPS) is 9.94. The van der Waals surface area contributed by atoms with Crippen LogP contribution in [0.2, 0.25) is 0 Å². The minimum Gasteiger partial charge on any atom is -0.460 e. The number of carbonyl (C=O) groups excluding carboxylic acids is 1. The number of amidine groups is 1. The fraction of sp³-hybridized carbons (Fsp3) is 0.333. The van der Waals surface area contributed by atoms with Crippen molar-refractivity contribution in [3.8, 4) is 0 Å². The van der Waals surface area contributed by atoms with Crippen LogP contribution in [0.3, 0.4) is 0 Å². The predicted octanol–water partition coefficient (Wildman–Crippen LogP) is 1.96. The Labute approximate surface area is 102 Å². The smallest absolute Gasteiger partial charge is 0.375 e. The Hall–Kier alpha value is -2.04. The summed E-state index contributed by atoms with van der Waals surface area (Å²) in [6.07, 6.45) is 0. The summed E-state index contributed by atoms with van der Waals surface area (Å²) < 4.78 is 4.66. The number of nitrogens with zero attached hydrogens (tertiary/aromatic N) is 1. The molecule has 0 amide bonds. The van der Waals surface area contributed by atoms with Crippen LogP contribution < -0.4 is 11.2 Å². The molecular formula is C12H19N3O2. The first-order chi connectivity index (χ1) is 8.24. The number of benzene rings is 1. The third kappa shape index (κ3) is 6.19. The van der Waals surface area contributed by atoms with Crippen molar-refractivity contribution < 1.29 is 9.53 Å². The summed E-state index contributed by atoms with van der Waals surface area (Å²) in [5.41, 5.74) is 8.76. The maximum Gasteiger partial charge on any atom is 0.375 e. The largest absolute Gasteiger partial charge is 0.460 e. The Balaban J connectivity index is 0.00000121. The molecule has 5 nitrogen and oxygen atoms in total. The van der Waals surface area contributed by atoms with Crippen molar-refractivity contribution in [2.45, 2.75) is 20.8 Å². The second-order valence-electron chi connectivity index (χ2n) is 2.70. The number of anilines is 1. The van der Waals surface area contributed by atoms with Gasteiger partial charge in [-0.25, -0.2) is 4.79 Å². The Morgan fingerprint density at radius 2 is 1.94 bits per heavy atom. The Morgan fingerprint density at radius 1 is 1.35 bits per heavy atom. The van der Waals surface area contributed by atoms with E-state index in [1.807, 2.05) is 44.2 Å². The van der Waals surface area contributed by atoms with Crippen molar-refractivity contribution >= 4 is 17.5 Å². The number of esters is 1. The second kappa shape index (κ2) is 9.21. The zero-order chi connectivity index (χ0) is 13.1. The molecule has 0 saturated carbocycles. The molecule has 0 aliphatic rings. The molecule has 0 bridgehead atoms. The van der Waals surface area contributed by atoms with Crippen LogP contribution in [0.5, 0.6) is 0 Å².